The fourth-order valence-electron chi connectivity index (χ4n) is 6.09. The third-order valence-electron chi connectivity index (χ3n) is 9.02. The summed E-state index contributed by atoms with van der Waals surface area (Å²) in [7, 11) is -4.32. The van der Waals surface area contributed by atoms with E-state index in [4.69, 9.17) is 13.8 Å². The van der Waals surface area contributed by atoms with Gasteiger partial charge in [0.2, 0.25) is 0 Å². The molecule has 0 unspecified atom stereocenters. The normalized spacial score (nSPS) is 12.7. The van der Waals surface area contributed by atoms with E-state index in [-0.39, 0.29) is 43.9 Å². The molecule has 0 bridgehead atoms. The Morgan fingerprint density at radius 3 is 1.80 bits per heavy atom. The van der Waals surface area contributed by atoms with Crippen molar-refractivity contribution in [3.05, 3.63) is 201 Å². The first-order chi connectivity index (χ1) is 27.3. The summed E-state index contributed by atoms with van der Waals surface area (Å²) >= 11 is 0. The summed E-state index contributed by atoms with van der Waals surface area (Å²) in [4.78, 5) is 40.8. The zero-order valence-electron chi connectivity index (χ0n) is 30.1. The summed E-state index contributed by atoms with van der Waals surface area (Å²) in [6, 6.07) is 42.1. The number of aliphatic hydroxyl groups is 1. The fraction of sp³-hybridized carbons (Fsp3) is 0.167. The molecule has 7 aromatic rings. The average molecular weight is 772 g/mol. The van der Waals surface area contributed by atoms with Gasteiger partial charge in [-0.15, -0.1) is 5.10 Å². The zero-order valence-corrected chi connectivity index (χ0v) is 31.0. The number of aliphatic hydroxyl groups excluding tert-OH is 1. The third-order valence-corrected chi connectivity index (χ3v) is 11.0. The Labute approximate surface area is 321 Å². The van der Waals surface area contributed by atoms with Crippen LogP contribution in [0, 0.1) is 0 Å². The summed E-state index contributed by atoms with van der Waals surface area (Å²) in [6.07, 6.45) is 0.359. The summed E-state index contributed by atoms with van der Waals surface area (Å²) in [5, 5.41) is 20.6. The van der Waals surface area contributed by atoms with Gasteiger partial charge in [0, 0.05) is 5.56 Å². The molecule has 2 atom stereocenters. The lowest BCUT2D eigenvalue weighted by Gasteiger charge is -2.29. The monoisotopic (exact) mass is 771 g/mol. The van der Waals surface area contributed by atoms with Crippen LogP contribution in [0.3, 0.4) is 0 Å². The van der Waals surface area contributed by atoms with E-state index in [9.17, 15) is 24.1 Å². The molecule has 7 rings (SSSR count). The van der Waals surface area contributed by atoms with Gasteiger partial charge in [-0.3, -0.25) is 18.7 Å². The summed E-state index contributed by atoms with van der Waals surface area (Å²) in [6.45, 7) is -0.435. The van der Waals surface area contributed by atoms with Crippen molar-refractivity contribution in [2.24, 2.45) is 0 Å². The number of hydrogen-bond acceptors (Lipinski definition) is 10. The Hall–Kier alpha value is -6.08. The van der Waals surface area contributed by atoms with E-state index < -0.39 is 36.7 Å². The topological polar surface area (TPSA) is 157 Å². The highest BCUT2D eigenvalue weighted by atomic mass is 31.2. The SMILES string of the molecule is O=C(c1ccccc1)n1c(=O)c2ccccc2n(Cc2cn(C[C@H](OCc3ccccc3)[C@H](O)P(=O)(OCc3ccccc3)OCc3ccccc3)nn2)c1=O. The quantitative estimate of drug-likeness (QED) is 0.115. The molecule has 0 aliphatic heterocycles. The summed E-state index contributed by atoms with van der Waals surface area (Å²) < 4.78 is 36.0. The first-order valence-electron chi connectivity index (χ1n) is 17.8. The molecule has 0 amide bonds. The maximum atomic E-state index is 14.6. The Balaban J connectivity index is 1.19. The van der Waals surface area contributed by atoms with Gasteiger partial charge < -0.3 is 18.9 Å². The smallest absolute Gasteiger partial charge is 0.362 e. The minimum Gasteiger partial charge on any atom is -0.378 e. The minimum atomic E-state index is -4.32. The molecule has 0 aliphatic rings. The molecule has 2 heterocycles. The van der Waals surface area contributed by atoms with E-state index in [0.29, 0.717) is 15.8 Å². The number of rotatable bonds is 16. The van der Waals surface area contributed by atoms with Gasteiger partial charge in [0.1, 0.15) is 11.8 Å². The van der Waals surface area contributed by atoms with Crippen LogP contribution < -0.4 is 11.2 Å². The fourth-order valence-corrected chi connectivity index (χ4v) is 7.72. The van der Waals surface area contributed by atoms with Gasteiger partial charge in [-0.05, 0) is 41.0 Å². The molecule has 0 saturated heterocycles. The average Bonchev–Trinajstić information content (AvgIpc) is 3.70. The predicted octanol–water partition coefficient (Wildman–Crippen LogP) is 6.02. The molecule has 0 saturated carbocycles. The first-order valence-corrected chi connectivity index (χ1v) is 19.4. The van der Waals surface area contributed by atoms with Crippen molar-refractivity contribution in [3.63, 3.8) is 0 Å². The Morgan fingerprint density at radius 2 is 1.21 bits per heavy atom. The molecular formula is C42H38N5O8P. The number of aromatic nitrogens is 5. The third kappa shape index (κ3) is 8.89. The zero-order chi connectivity index (χ0) is 38.9. The van der Waals surface area contributed by atoms with Crippen molar-refractivity contribution in [1.82, 2.24) is 24.1 Å². The van der Waals surface area contributed by atoms with Crippen molar-refractivity contribution >= 4 is 24.4 Å². The molecule has 0 aliphatic carbocycles. The molecule has 1 N–H and O–H groups in total. The van der Waals surface area contributed by atoms with Crippen molar-refractivity contribution < 1.29 is 28.3 Å². The Morgan fingerprint density at radius 1 is 0.696 bits per heavy atom. The van der Waals surface area contributed by atoms with Crippen LogP contribution in [0.15, 0.2) is 161 Å². The largest absolute Gasteiger partial charge is 0.378 e. The molecule has 13 nitrogen and oxygen atoms in total. The summed E-state index contributed by atoms with van der Waals surface area (Å²) in [5.41, 5.74) is 1.47. The lowest BCUT2D eigenvalue weighted by Crippen LogP contribution is -2.44. The molecular weight excluding hydrogens is 733 g/mol. The lowest BCUT2D eigenvalue weighted by molar-refractivity contribution is -0.0384. The van der Waals surface area contributed by atoms with E-state index >= 15 is 0 Å². The van der Waals surface area contributed by atoms with Crippen LogP contribution in [0.1, 0.15) is 32.7 Å². The van der Waals surface area contributed by atoms with Crippen LogP contribution in [-0.2, 0) is 51.3 Å². The standard InChI is InChI=1S/C42H38N5O8P/c48-39(34-21-11-4-12-22-34)47-40(49)36-23-13-14-24-37(36)46(42(47)51)26-35-25-45(44-43-35)27-38(53-28-31-15-5-1-6-16-31)41(50)56(52,54-29-32-17-7-2-8-18-32)55-30-33-19-9-3-10-20-33/h1-25,38,41,50H,26-30H2/t38-,41+/m0/s1. The van der Waals surface area contributed by atoms with Crippen molar-refractivity contribution in [2.45, 2.75) is 44.9 Å². The van der Waals surface area contributed by atoms with Crippen LogP contribution in [0.25, 0.3) is 10.9 Å². The molecule has 56 heavy (non-hydrogen) atoms. The van der Waals surface area contributed by atoms with Crippen LogP contribution in [0.2, 0.25) is 0 Å². The lowest BCUT2D eigenvalue weighted by atomic mass is 10.2. The Kier molecular flexibility index (Phi) is 12.0. The number of para-hydroxylation sites is 1. The summed E-state index contributed by atoms with van der Waals surface area (Å²) in [5.74, 6) is -2.53. The number of nitrogens with zero attached hydrogens (tertiary/aromatic N) is 5. The van der Waals surface area contributed by atoms with Gasteiger partial charge >= 0.3 is 13.3 Å². The van der Waals surface area contributed by atoms with E-state index in [1.165, 1.54) is 21.4 Å². The molecule has 14 heteroatoms. The van der Waals surface area contributed by atoms with Gasteiger partial charge in [0.15, 0.2) is 5.85 Å². The molecule has 0 radical (unpaired) electrons. The highest BCUT2D eigenvalue weighted by Gasteiger charge is 2.42. The van der Waals surface area contributed by atoms with E-state index in [1.54, 1.807) is 48.7 Å². The maximum absolute atomic E-state index is 14.6. The van der Waals surface area contributed by atoms with Crippen molar-refractivity contribution in [3.8, 4) is 0 Å². The van der Waals surface area contributed by atoms with Gasteiger partial charge in [-0.25, -0.2) is 9.48 Å². The highest BCUT2D eigenvalue weighted by Crippen LogP contribution is 2.55. The maximum Gasteiger partial charge on any atom is 0.362 e. The predicted molar refractivity (Wildman–Crippen MR) is 209 cm³/mol. The molecule has 0 fully saturated rings. The van der Waals surface area contributed by atoms with Crippen LogP contribution in [0.4, 0.5) is 0 Å². The van der Waals surface area contributed by atoms with E-state index in [2.05, 4.69) is 10.3 Å². The highest BCUT2D eigenvalue weighted by molar-refractivity contribution is 7.54. The van der Waals surface area contributed by atoms with Crippen molar-refractivity contribution in [1.29, 1.82) is 0 Å². The van der Waals surface area contributed by atoms with Crippen LogP contribution in [-0.4, -0.2) is 47.1 Å². The first kappa shape index (κ1) is 38.2. The van der Waals surface area contributed by atoms with Gasteiger partial charge in [0.05, 0.1) is 50.0 Å². The van der Waals surface area contributed by atoms with Crippen molar-refractivity contribution in [2.75, 3.05) is 0 Å². The van der Waals surface area contributed by atoms with E-state index in [0.717, 1.165) is 16.7 Å². The molecule has 0 spiro atoms. The number of carbonyl (C=O) groups excluding carboxylic acids is 1. The number of ether oxygens (including phenoxy) is 1. The van der Waals surface area contributed by atoms with Crippen LogP contribution >= 0.6 is 7.60 Å². The molecule has 284 valence electrons. The second-order valence-corrected chi connectivity index (χ2v) is 15.1. The number of fused-ring (bicyclic) bond motifs is 1. The van der Waals surface area contributed by atoms with Gasteiger partial charge in [-0.2, -0.15) is 4.57 Å². The van der Waals surface area contributed by atoms with E-state index in [1.807, 2.05) is 91.0 Å². The number of hydrogen-bond donors (Lipinski definition) is 1. The minimum absolute atomic E-state index is 0.0554. The van der Waals surface area contributed by atoms with Gasteiger partial charge in [0.25, 0.3) is 11.5 Å². The molecule has 2 aromatic heterocycles. The number of benzene rings is 5. The Bertz CT molecular complexity index is 2520. The molecule has 5 aromatic carbocycles. The second-order valence-electron chi connectivity index (χ2n) is 12.9. The number of carbonyl (C=O) groups is 1. The van der Waals surface area contributed by atoms with Crippen LogP contribution in [0.5, 0.6) is 0 Å². The van der Waals surface area contributed by atoms with Gasteiger partial charge in [-0.1, -0.05) is 127 Å². The second kappa shape index (κ2) is 17.6.